The molecule has 1 amide bonds. The lowest BCUT2D eigenvalue weighted by Crippen LogP contribution is -2.44. The first kappa shape index (κ1) is 16.3. The van der Waals surface area contributed by atoms with Crippen molar-refractivity contribution in [3.63, 3.8) is 0 Å². The molecule has 0 spiro atoms. The van der Waals surface area contributed by atoms with Crippen molar-refractivity contribution >= 4 is 34.0 Å². The third-order valence-corrected chi connectivity index (χ3v) is 4.32. The molecule has 1 N–H and O–H groups in total. The summed E-state index contributed by atoms with van der Waals surface area (Å²) in [4.78, 5) is 29.4. The molecule has 1 aliphatic heterocycles. The summed E-state index contributed by atoms with van der Waals surface area (Å²) in [7, 11) is 1.34. The number of carbonyl (C=O) groups is 2. The van der Waals surface area contributed by atoms with Crippen molar-refractivity contribution in [1.82, 2.24) is 4.98 Å². The first-order chi connectivity index (χ1) is 11.6. The van der Waals surface area contributed by atoms with Crippen LogP contribution in [0.2, 0.25) is 0 Å². The highest BCUT2D eigenvalue weighted by Gasteiger charge is 2.31. The number of nitrogens with zero attached hydrogens (tertiary/aromatic N) is 2. The van der Waals surface area contributed by atoms with E-state index in [1.54, 1.807) is 0 Å². The second-order valence-corrected chi connectivity index (χ2v) is 6.16. The van der Waals surface area contributed by atoms with Gasteiger partial charge in [-0.3, -0.25) is 4.79 Å². The minimum absolute atomic E-state index is 0.154. The molecule has 0 saturated heterocycles. The maximum Gasteiger partial charge on any atom is 0.348 e. The van der Waals surface area contributed by atoms with Crippen LogP contribution in [0, 0.1) is 0 Å². The number of amides is 1. The second kappa shape index (κ2) is 6.88. The maximum atomic E-state index is 11.9. The van der Waals surface area contributed by atoms with Crippen molar-refractivity contribution in [3.8, 4) is 5.75 Å². The number of para-hydroxylation sites is 2. The molecular formula is C16H17N3O4S. The zero-order valence-corrected chi connectivity index (χ0v) is 14.1. The molecule has 0 saturated carbocycles. The number of aromatic nitrogens is 1. The quantitative estimate of drug-likeness (QED) is 0.853. The number of hydrogen-bond donors (Lipinski definition) is 1. The van der Waals surface area contributed by atoms with Gasteiger partial charge in [0.2, 0.25) is 12.0 Å². The fraction of sp³-hybridized carbons (Fsp3) is 0.312. The van der Waals surface area contributed by atoms with Crippen LogP contribution >= 0.6 is 11.3 Å². The molecule has 1 atom stereocenters. The van der Waals surface area contributed by atoms with Gasteiger partial charge in [-0.2, -0.15) is 0 Å². The Hall–Kier alpha value is -2.61. The predicted molar refractivity (Wildman–Crippen MR) is 90.3 cm³/mol. The number of esters is 1. The van der Waals surface area contributed by atoms with Gasteiger partial charge in [-0.05, 0) is 12.1 Å². The number of thiazole rings is 1. The number of methoxy groups -OCH3 is 1. The Kier molecular flexibility index (Phi) is 4.66. The molecule has 1 aliphatic rings. The summed E-state index contributed by atoms with van der Waals surface area (Å²) in [6.07, 6.45) is -0.682. The van der Waals surface area contributed by atoms with Crippen LogP contribution in [0.1, 0.15) is 12.6 Å². The SMILES string of the molecule is COC(=O)[C@@H]1CN(Cc2csc(NC(C)=O)n2)c2ccccc2O1. The molecule has 0 radical (unpaired) electrons. The highest BCUT2D eigenvalue weighted by atomic mass is 32.1. The van der Waals surface area contributed by atoms with E-state index in [9.17, 15) is 9.59 Å². The lowest BCUT2D eigenvalue weighted by Gasteiger charge is -2.34. The maximum absolute atomic E-state index is 11.9. The van der Waals surface area contributed by atoms with E-state index in [4.69, 9.17) is 9.47 Å². The van der Waals surface area contributed by atoms with Gasteiger partial charge in [-0.15, -0.1) is 11.3 Å². The average molecular weight is 347 g/mol. The number of ether oxygens (including phenoxy) is 2. The number of anilines is 2. The first-order valence-electron chi connectivity index (χ1n) is 7.37. The van der Waals surface area contributed by atoms with Gasteiger partial charge in [0.15, 0.2) is 5.13 Å². The second-order valence-electron chi connectivity index (χ2n) is 5.30. The van der Waals surface area contributed by atoms with Crippen molar-refractivity contribution in [2.24, 2.45) is 0 Å². The minimum atomic E-state index is -0.682. The van der Waals surface area contributed by atoms with Gasteiger partial charge >= 0.3 is 5.97 Å². The number of carbonyl (C=O) groups excluding carboxylic acids is 2. The first-order valence-corrected chi connectivity index (χ1v) is 8.25. The Labute approximate surface area is 143 Å². The van der Waals surface area contributed by atoms with E-state index in [1.165, 1.54) is 25.4 Å². The number of fused-ring (bicyclic) bond motifs is 1. The van der Waals surface area contributed by atoms with E-state index >= 15 is 0 Å². The lowest BCUT2D eigenvalue weighted by atomic mass is 10.2. The largest absolute Gasteiger partial charge is 0.475 e. The van der Waals surface area contributed by atoms with Crippen LogP contribution < -0.4 is 15.0 Å². The predicted octanol–water partition coefficient (Wildman–Crippen LogP) is 2.04. The van der Waals surface area contributed by atoms with E-state index < -0.39 is 12.1 Å². The van der Waals surface area contributed by atoms with E-state index in [0.29, 0.717) is 24.0 Å². The number of benzene rings is 1. The summed E-state index contributed by atoms with van der Waals surface area (Å²) < 4.78 is 10.5. The van der Waals surface area contributed by atoms with Crippen LogP contribution in [0.3, 0.4) is 0 Å². The van der Waals surface area contributed by atoms with Crippen molar-refractivity contribution in [2.45, 2.75) is 19.6 Å². The number of nitrogens with one attached hydrogen (secondary N) is 1. The Morgan fingerprint density at radius 2 is 2.25 bits per heavy atom. The molecule has 2 aromatic rings. The molecule has 0 bridgehead atoms. The monoisotopic (exact) mass is 347 g/mol. The summed E-state index contributed by atoms with van der Waals surface area (Å²) in [6.45, 7) is 2.32. The molecule has 2 heterocycles. The van der Waals surface area contributed by atoms with E-state index in [1.807, 2.05) is 34.5 Å². The lowest BCUT2D eigenvalue weighted by molar-refractivity contribution is -0.148. The van der Waals surface area contributed by atoms with Crippen LogP contribution in [0.4, 0.5) is 10.8 Å². The van der Waals surface area contributed by atoms with Crippen molar-refractivity contribution in [3.05, 3.63) is 35.3 Å². The zero-order valence-electron chi connectivity index (χ0n) is 13.3. The summed E-state index contributed by atoms with van der Waals surface area (Å²) in [6, 6.07) is 7.52. The standard InChI is InChI=1S/C16H17N3O4S/c1-10(20)17-16-18-11(9-24-16)7-19-8-14(15(21)22-2)23-13-6-4-3-5-12(13)19/h3-6,9,14H,7-8H2,1-2H3,(H,17,18,20)/t14-/m0/s1. The molecule has 1 aromatic carbocycles. The van der Waals surface area contributed by atoms with Crippen LogP contribution in [-0.2, 0) is 20.9 Å². The highest BCUT2D eigenvalue weighted by molar-refractivity contribution is 7.13. The van der Waals surface area contributed by atoms with Crippen molar-refractivity contribution in [2.75, 3.05) is 23.9 Å². The van der Waals surface area contributed by atoms with Gasteiger partial charge in [0, 0.05) is 12.3 Å². The van der Waals surface area contributed by atoms with E-state index in [-0.39, 0.29) is 5.91 Å². The molecule has 24 heavy (non-hydrogen) atoms. The Morgan fingerprint density at radius 1 is 1.46 bits per heavy atom. The molecule has 3 rings (SSSR count). The summed E-state index contributed by atoms with van der Waals surface area (Å²) in [5, 5.41) is 5.11. The molecule has 0 aliphatic carbocycles. The molecular weight excluding hydrogens is 330 g/mol. The van der Waals surface area contributed by atoms with E-state index in [2.05, 4.69) is 10.3 Å². The van der Waals surface area contributed by atoms with E-state index in [0.717, 1.165) is 11.4 Å². The highest BCUT2D eigenvalue weighted by Crippen LogP contribution is 2.34. The zero-order chi connectivity index (χ0) is 17.1. The molecule has 7 nitrogen and oxygen atoms in total. The summed E-state index contributed by atoms with van der Waals surface area (Å²) in [5.41, 5.74) is 1.70. The molecule has 8 heteroatoms. The topological polar surface area (TPSA) is 80.8 Å². The third kappa shape index (κ3) is 3.48. The molecule has 0 fully saturated rings. The average Bonchev–Trinajstić information content (AvgIpc) is 3.00. The number of hydrogen-bond acceptors (Lipinski definition) is 7. The van der Waals surface area contributed by atoms with Crippen LogP contribution in [0.15, 0.2) is 29.6 Å². The van der Waals surface area contributed by atoms with Gasteiger partial charge in [-0.1, -0.05) is 12.1 Å². The Balaban J connectivity index is 1.81. The summed E-state index contributed by atoms with van der Waals surface area (Å²) in [5.74, 6) is 0.0709. The summed E-state index contributed by atoms with van der Waals surface area (Å²) >= 11 is 1.37. The minimum Gasteiger partial charge on any atom is -0.475 e. The smallest absolute Gasteiger partial charge is 0.348 e. The van der Waals surface area contributed by atoms with Crippen molar-refractivity contribution < 1.29 is 19.1 Å². The van der Waals surface area contributed by atoms with Crippen LogP contribution in [0.25, 0.3) is 0 Å². The number of rotatable bonds is 4. The van der Waals surface area contributed by atoms with Gasteiger partial charge in [0.1, 0.15) is 5.75 Å². The van der Waals surface area contributed by atoms with Gasteiger partial charge in [0.05, 0.1) is 31.6 Å². The van der Waals surface area contributed by atoms with Gasteiger partial charge < -0.3 is 19.7 Å². The Morgan fingerprint density at radius 3 is 3.00 bits per heavy atom. The normalized spacial score (nSPS) is 16.1. The van der Waals surface area contributed by atoms with Crippen LogP contribution in [0.5, 0.6) is 5.75 Å². The van der Waals surface area contributed by atoms with Gasteiger partial charge in [0.25, 0.3) is 0 Å². The van der Waals surface area contributed by atoms with Crippen molar-refractivity contribution in [1.29, 1.82) is 0 Å². The Bertz CT molecular complexity index is 761. The van der Waals surface area contributed by atoms with Gasteiger partial charge in [-0.25, -0.2) is 9.78 Å². The molecule has 126 valence electrons. The fourth-order valence-corrected chi connectivity index (χ4v) is 3.24. The fourth-order valence-electron chi connectivity index (χ4n) is 2.49. The molecule has 0 unspecified atom stereocenters. The van der Waals surface area contributed by atoms with Crippen LogP contribution in [-0.4, -0.2) is 36.6 Å². The third-order valence-electron chi connectivity index (χ3n) is 3.51. The molecule has 1 aromatic heterocycles.